The molecular weight excluding hydrogens is 232 g/mol. The second-order valence-corrected chi connectivity index (χ2v) is 7.08. The van der Waals surface area contributed by atoms with Gasteiger partial charge in [0.15, 0.2) is 9.84 Å². The molecule has 82 valence electrons. The van der Waals surface area contributed by atoms with Gasteiger partial charge in [0.2, 0.25) is 0 Å². The number of aliphatic hydroxyl groups is 1. The highest BCUT2D eigenvalue weighted by molar-refractivity contribution is 8.02. The summed E-state index contributed by atoms with van der Waals surface area (Å²) in [5.41, 5.74) is 0. The summed E-state index contributed by atoms with van der Waals surface area (Å²) < 4.78 is 22.5. The third-order valence-corrected chi connectivity index (χ3v) is 5.56. The van der Waals surface area contributed by atoms with Crippen LogP contribution in [0.5, 0.6) is 0 Å². The Balaban J connectivity index is 2.08. The number of sulfone groups is 1. The zero-order valence-corrected chi connectivity index (χ0v) is 9.67. The predicted octanol–water partition coefficient (Wildman–Crippen LogP) is 0.937. The Bertz CT molecular complexity index is 427. The Hall–Kier alpha value is -0.520. The van der Waals surface area contributed by atoms with Crippen molar-refractivity contribution in [1.29, 1.82) is 0 Å². The zero-order chi connectivity index (χ0) is 10.9. The maximum Gasteiger partial charge on any atom is 0.154 e. The van der Waals surface area contributed by atoms with Crippen LogP contribution in [0.15, 0.2) is 35.2 Å². The van der Waals surface area contributed by atoms with Crippen molar-refractivity contribution in [3.05, 3.63) is 30.3 Å². The number of thioether (sulfide) groups is 1. The molecule has 0 aromatic heterocycles. The van der Waals surface area contributed by atoms with Crippen LogP contribution in [-0.4, -0.2) is 36.4 Å². The fraction of sp³-hybridized carbons (Fsp3) is 0.400. The first-order valence-electron chi connectivity index (χ1n) is 4.67. The molecule has 1 fully saturated rings. The standard InChI is InChI=1S/C10H12O3S2/c11-9-6-15(12,13)7-10(9)14-8-4-2-1-3-5-8/h1-5,9-11H,6-7H2/t9-,10-/m1/s1. The van der Waals surface area contributed by atoms with E-state index in [-0.39, 0.29) is 16.8 Å². The van der Waals surface area contributed by atoms with Crippen molar-refractivity contribution in [1.82, 2.24) is 0 Å². The quantitative estimate of drug-likeness (QED) is 0.841. The minimum atomic E-state index is -3.04. The Kier molecular flexibility index (Phi) is 3.04. The van der Waals surface area contributed by atoms with Crippen molar-refractivity contribution < 1.29 is 13.5 Å². The van der Waals surface area contributed by atoms with Gasteiger partial charge in [-0.15, -0.1) is 11.8 Å². The molecule has 2 atom stereocenters. The largest absolute Gasteiger partial charge is 0.391 e. The van der Waals surface area contributed by atoms with Crippen molar-refractivity contribution in [3.8, 4) is 0 Å². The molecule has 3 nitrogen and oxygen atoms in total. The van der Waals surface area contributed by atoms with Crippen LogP contribution in [0.25, 0.3) is 0 Å². The second kappa shape index (κ2) is 4.15. The van der Waals surface area contributed by atoms with Gasteiger partial charge in [-0.25, -0.2) is 8.42 Å². The molecule has 0 aliphatic carbocycles. The lowest BCUT2D eigenvalue weighted by atomic mass is 10.3. The summed E-state index contributed by atoms with van der Waals surface area (Å²) in [7, 11) is -3.04. The Morgan fingerprint density at radius 2 is 1.87 bits per heavy atom. The van der Waals surface area contributed by atoms with Crippen LogP contribution in [0.3, 0.4) is 0 Å². The zero-order valence-electron chi connectivity index (χ0n) is 8.04. The van der Waals surface area contributed by atoms with Crippen LogP contribution in [0.1, 0.15) is 0 Å². The van der Waals surface area contributed by atoms with Crippen molar-refractivity contribution in [2.45, 2.75) is 16.2 Å². The topological polar surface area (TPSA) is 54.4 Å². The van der Waals surface area contributed by atoms with Crippen LogP contribution < -0.4 is 0 Å². The SMILES string of the molecule is O=S1(=O)C[C@@H](O)[C@H](Sc2ccccc2)C1. The van der Waals surface area contributed by atoms with Gasteiger partial charge in [-0.2, -0.15) is 0 Å². The molecule has 15 heavy (non-hydrogen) atoms. The molecule has 0 saturated carbocycles. The molecule has 1 aromatic carbocycles. The third kappa shape index (κ3) is 2.74. The summed E-state index contributed by atoms with van der Waals surface area (Å²) in [5.74, 6) is -0.0226. The molecule has 1 saturated heterocycles. The molecule has 0 radical (unpaired) electrons. The maximum atomic E-state index is 11.3. The summed E-state index contributed by atoms with van der Waals surface area (Å²) in [6.45, 7) is 0. The highest BCUT2D eigenvalue weighted by atomic mass is 32.2. The van der Waals surface area contributed by atoms with E-state index in [1.54, 1.807) is 0 Å². The molecule has 5 heteroatoms. The van der Waals surface area contributed by atoms with E-state index in [0.29, 0.717) is 0 Å². The van der Waals surface area contributed by atoms with E-state index in [1.165, 1.54) is 11.8 Å². The van der Waals surface area contributed by atoms with Crippen LogP contribution in [-0.2, 0) is 9.84 Å². The van der Waals surface area contributed by atoms with Crippen LogP contribution >= 0.6 is 11.8 Å². The average molecular weight is 244 g/mol. The molecule has 0 amide bonds. The van der Waals surface area contributed by atoms with E-state index in [2.05, 4.69) is 0 Å². The molecule has 1 aromatic rings. The van der Waals surface area contributed by atoms with E-state index in [9.17, 15) is 13.5 Å². The first-order valence-corrected chi connectivity index (χ1v) is 7.37. The molecule has 1 aliphatic heterocycles. The Labute approximate surface area is 93.4 Å². The molecule has 1 heterocycles. The van der Waals surface area contributed by atoms with E-state index in [0.717, 1.165) is 4.90 Å². The van der Waals surface area contributed by atoms with Crippen molar-refractivity contribution in [2.24, 2.45) is 0 Å². The predicted molar refractivity (Wildman–Crippen MR) is 60.7 cm³/mol. The number of rotatable bonds is 2. The Morgan fingerprint density at radius 3 is 2.40 bits per heavy atom. The summed E-state index contributed by atoms with van der Waals surface area (Å²) in [6, 6.07) is 9.55. The van der Waals surface area contributed by atoms with Gasteiger partial charge in [0.05, 0.1) is 22.9 Å². The number of benzene rings is 1. The lowest BCUT2D eigenvalue weighted by Gasteiger charge is -2.11. The molecule has 1 N–H and O–H groups in total. The molecular formula is C10H12O3S2. The highest BCUT2D eigenvalue weighted by Gasteiger charge is 2.36. The maximum absolute atomic E-state index is 11.3. The number of hydrogen-bond donors (Lipinski definition) is 1. The molecule has 0 spiro atoms. The smallest absolute Gasteiger partial charge is 0.154 e. The monoisotopic (exact) mass is 244 g/mol. The summed E-state index contributed by atoms with van der Waals surface area (Å²) >= 11 is 1.43. The van der Waals surface area contributed by atoms with Gasteiger partial charge in [-0.05, 0) is 12.1 Å². The van der Waals surface area contributed by atoms with Crippen LogP contribution in [0.4, 0.5) is 0 Å². The van der Waals surface area contributed by atoms with Gasteiger partial charge < -0.3 is 5.11 Å². The lowest BCUT2D eigenvalue weighted by Crippen LogP contribution is -2.19. The van der Waals surface area contributed by atoms with E-state index < -0.39 is 15.9 Å². The molecule has 0 unspecified atom stereocenters. The van der Waals surface area contributed by atoms with Gasteiger partial charge in [-0.1, -0.05) is 18.2 Å². The Morgan fingerprint density at radius 1 is 1.20 bits per heavy atom. The molecule has 1 aliphatic rings. The average Bonchev–Trinajstić information content (AvgIpc) is 2.41. The van der Waals surface area contributed by atoms with Crippen molar-refractivity contribution >= 4 is 21.6 Å². The summed E-state index contributed by atoms with van der Waals surface area (Å²) in [5, 5.41) is 9.36. The first-order chi connectivity index (χ1) is 7.07. The highest BCUT2D eigenvalue weighted by Crippen LogP contribution is 2.30. The molecule has 0 bridgehead atoms. The first kappa shape index (κ1) is 11.0. The van der Waals surface area contributed by atoms with Crippen molar-refractivity contribution in [3.63, 3.8) is 0 Å². The minimum Gasteiger partial charge on any atom is -0.391 e. The van der Waals surface area contributed by atoms with E-state index in [4.69, 9.17) is 0 Å². The van der Waals surface area contributed by atoms with Gasteiger partial charge in [-0.3, -0.25) is 0 Å². The van der Waals surface area contributed by atoms with Crippen molar-refractivity contribution in [2.75, 3.05) is 11.5 Å². The van der Waals surface area contributed by atoms with Crippen LogP contribution in [0.2, 0.25) is 0 Å². The van der Waals surface area contributed by atoms with Gasteiger partial charge in [0.25, 0.3) is 0 Å². The fourth-order valence-corrected chi connectivity index (χ4v) is 5.13. The van der Waals surface area contributed by atoms with Gasteiger partial charge in [0, 0.05) is 4.90 Å². The van der Waals surface area contributed by atoms with Crippen LogP contribution in [0, 0.1) is 0 Å². The third-order valence-electron chi connectivity index (χ3n) is 2.30. The van der Waals surface area contributed by atoms with Gasteiger partial charge in [0.1, 0.15) is 0 Å². The van der Waals surface area contributed by atoms with E-state index in [1.807, 2.05) is 30.3 Å². The lowest BCUT2D eigenvalue weighted by molar-refractivity contribution is 0.207. The summed E-state index contributed by atoms with van der Waals surface area (Å²) in [4.78, 5) is 0.999. The molecule has 2 rings (SSSR count). The normalized spacial score (nSPS) is 29.1. The van der Waals surface area contributed by atoms with Gasteiger partial charge >= 0.3 is 0 Å². The number of hydrogen-bond acceptors (Lipinski definition) is 4. The summed E-state index contributed by atoms with van der Waals surface area (Å²) in [6.07, 6.45) is -0.736. The fourth-order valence-electron chi connectivity index (χ4n) is 1.58. The minimum absolute atomic E-state index is 0.0771. The number of aliphatic hydroxyl groups excluding tert-OH is 1. The van der Waals surface area contributed by atoms with E-state index >= 15 is 0 Å². The second-order valence-electron chi connectivity index (χ2n) is 3.61.